The van der Waals surface area contributed by atoms with Crippen LogP contribution in [0.2, 0.25) is 0 Å². The third-order valence-electron chi connectivity index (χ3n) is 5.06. The number of hydrogen-bond acceptors (Lipinski definition) is 5. The summed E-state index contributed by atoms with van der Waals surface area (Å²) in [5.41, 5.74) is 5.74. The first-order valence-corrected chi connectivity index (χ1v) is 8.95. The molecule has 5 aromatic rings. The number of fused-ring (bicyclic) bond motifs is 3. The fourth-order valence-electron chi connectivity index (χ4n) is 3.54. The molecule has 138 valence electrons. The molecule has 0 fully saturated rings. The van der Waals surface area contributed by atoms with E-state index >= 15 is 0 Å². The Morgan fingerprint density at radius 2 is 1.93 bits per heavy atom. The predicted octanol–water partition coefficient (Wildman–Crippen LogP) is 3.76. The van der Waals surface area contributed by atoms with Crippen LogP contribution >= 0.6 is 0 Å². The van der Waals surface area contributed by atoms with E-state index in [2.05, 4.69) is 28.5 Å². The van der Waals surface area contributed by atoms with E-state index in [-0.39, 0.29) is 0 Å². The van der Waals surface area contributed by atoms with Gasteiger partial charge in [0.05, 0.1) is 18.2 Å². The van der Waals surface area contributed by atoms with Gasteiger partial charge in [-0.3, -0.25) is 9.55 Å². The largest absolute Gasteiger partial charge is 0.497 e. The van der Waals surface area contributed by atoms with Crippen LogP contribution in [0.3, 0.4) is 0 Å². The highest BCUT2D eigenvalue weighted by Gasteiger charge is 2.19. The Labute approximate surface area is 161 Å². The molecule has 0 aliphatic carbocycles. The molecule has 4 heterocycles. The van der Waals surface area contributed by atoms with Crippen molar-refractivity contribution in [1.29, 1.82) is 0 Å². The van der Waals surface area contributed by atoms with E-state index in [0.717, 1.165) is 44.9 Å². The van der Waals surface area contributed by atoms with Gasteiger partial charge < -0.3 is 4.74 Å². The minimum atomic E-state index is 0.633. The molecule has 0 aliphatic heterocycles. The van der Waals surface area contributed by atoms with Gasteiger partial charge in [-0.2, -0.15) is 0 Å². The zero-order valence-corrected chi connectivity index (χ0v) is 15.8. The molecule has 4 aromatic heterocycles. The summed E-state index contributed by atoms with van der Waals surface area (Å²) in [6, 6.07) is 11.8. The number of methoxy groups -OCH3 is 1. The van der Waals surface area contributed by atoms with E-state index in [9.17, 15) is 0 Å². The summed E-state index contributed by atoms with van der Waals surface area (Å²) in [5, 5.41) is 5.58. The van der Waals surface area contributed by atoms with Crippen LogP contribution in [0, 0.1) is 13.8 Å². The molecule has 7 nitrogen and oxygen atoms in total. The van der Waals surface area contributed by atoms with E-state index in [4.69, 9.17) is 14.7 Å². The first-order chi connectivity index (χ1) is 13.7. The second-order valence-corrected chi connectivity index (χ2v) is 6.64. The third kappa shape index (κ3) is 2.36. The number of nitrogens with zero attached hydrogens (tertiary/aromatic N) is 6. The van der Waals surface area contributed by atoms with Gasteiger partial charge in [0.2, 0.25) is 0 Å². The zero-order valence-electron chi connectivity index (χ0n) is 15.8. The van der Waals surface area contributed by atoms with Crippen LogP contribution in [-0.2, 0) is 0 Å². The fourth-order valence-corrected chi connectivity index (χ4v) is 3.54. The number of aryl methyl sites for hydroxylation is 1. The van der Waals surface area contributed by atoms with Crippen molar-refractivity contribution in [3.8, 4) is 22.8 Å². The molecule has 0 spiro atoms. The summed E-state index contributed by atoms with van der Waals surface area (Å²) in [5.74, 6) is 1.44. The second-order valence-electron chi connectivity index (χ2n) is 6.64. The molecule has 0 N–H and O–H groups in total. The standard InChI is InChI=1S/C21H18N6O/c1-13-14(2)27(16-7-4-8-17(10-16)28-3)20-18(13)21-24-19(25-26(21)12-23-20)15-6-5-9-22-11-15/h4-12H,1-3H3. The van der Waals surface area contributed by atoms with Crippen molar-refractivity contribution in [3.05, 3.63) is 66.4 Å². The molecule has 28 heavy (non-hydrogen) atoms. The Bertz CT molecular complexity index is 1320. The van der Waals surface area contributed by atoms with Gasteiger partial charge in [0.1, 0.15) is 12.1 Å². The first-order valence-electron chi connectivity index (χ1n) is 8.95. The molecule has 0 amide bonds. The summed E-state index contributed by atoms with van der Waals surface area (Å²) < 4.78 is 9.25. The number of hydrogen-bond donors (Lipinski definition) is 0. The average molecular weight is 370 g/mol. The van der Waals surface area contributed by atoms with E-state index in [1.54, 1.807) is 30.3 Å². The summed E-state index contributed by atoms with van der Waals surface area (Å²) in [6.07, 6.45) is 5.21. The Morgan fingerprint density at radius 3 is 2.71 bits per heavy atom. The van der Waals surface area contributed by atoms with Crippen molar-refractivity contribution in [2.75, 3.05) is 7.11 Å². The Hall–Kier alpha value is -3.74. The summed E-state index contributed by atoms with van der Waals surface area (Å²) in [4.78, 5) is 13.6. The van der Waals surface area contributed by atoms with E-state index in [1.165, 1.54) is 0 Å². The van der Waals surface area contributed by atoms with Crippen molar-refractivity contribution in [2.24, 2.45) is 0 Å². The lowest BCUT2D eigenvalue weighted by Crippen LogP contribution is -1.99. The van der Waals surface area contributed by atoms with Gasteiger partial charge in [0, 0.05) is 29.7 Å². The molecule has 0 atom stereocenters. The van der Waals surface area contributed by atoms with Crippen LogP contribution in [-0.4, -0.2) is 36.2 Å². The second kappa shape index (κ2) is 6.16. The number of benzene rings is 1. The van der Waals surface area contributed by atoms with Crippen LogP contribution in [0.4, 0.5) is 0 Å². The number of pyridine rings is 1. The topological polar surface area (TPSA) is 70.1 Å². The Kier molecular flexibility index (Phi) is 3.61. The van der Waals surface area contributed by atoms with Gasteiger partial charge in [0.15, 0.2) is 17.1 Å². The molecule has 0 radical (unpaired) electrons. The highest BCUT2D eigenvalue weighted by atomic mass is 16.5. The lowest BCUT2D eigenvalue weighted by atomic mass is 10.2. The van der Waals surface area contributed by atoms with Gasteiger partial charge in [-0.05, 0) is 43.7 Å². The number of aromatic nitrogens is 6. The van der Waals surface area contributed by atoms with Crippen molar-refractivity contribution in [1.82, 2.24) is 29.1 Å². The van der Waals surface area contributed by atoms with Gasteiger partial charge in [0.25, 0.3) is 0 Å². The molecule has 0 aliphatic rings. The minimum absolute atomic E-state index is 0.633. The molecule has 0 unspecified atom stereocenters. The van der Waals surface area contributed by atoms with Gasteiger partial charge in [-0.15, -0.1) is 5.10 Å². The van der Waals surface area contributed by atoms with Gasteiger partial charge in [-0.25, -0.2) is 14.5 Å². The lowest BCUT2D eigenvalue weighted by molar-refractivity contribution is 0.414. The number of rotatable bonds is 3. The van der Waals surface area contributed by atoms with Gasteiger partial charge in [-0.1, -0.05) is 6.07 Å². The van der Waals surface area contributed by atoms with Crippen molar-refractivity contribution >= 4 is 16.7 Å². The van der Waals surface area contributed by atoms with Gasteiger partial charge >= 0.3 is 0 Å². The molecule has 0 saturated heterocycles. The van der Waals surface area contributed by atoms with E-state index in [1.807, 2.05) is 36.4 Å². The van der Waals surface area contributed by atoms with Crippen LogP contribution in [0.5, 0.6) is 5.75 Å². The molecule has 0 bridgehead atoms. The molecular formula is C21H18N6O. The third-order valence-corrected chi connectivity index (χ3v) is 5.06. The van der Waals surface area contributed by atoms with Crippen LogP contribution in [0.25, 0.3) is 33.8 Å². The maximum Gasteiger partial charge on any atom is 0.183 e. The highest BCUT2D eigenvalue weighted by Crippen LogP contribution is 2.31. The first kappa shape index (κ1) is 16.4. The summed E-state index contributed by atoms with van der Waals surface area (Å²) in [6.45, 7) is 4.18. The van der Waals surface area contributed by atoms with Crippen molar-refractivity contribution in [3.63, 3.8) is 0 Å². The van der Waals surface area contributed by atoms with Crippen LogP contribution < -0.4 is 4.74 Å². The van der Waals surface area contributed by atoms with Crippen molar-refractivity contribution < 1.29 is 4.74 Å². The zero-order chi connectivity index (χ0) is 19.3. The van der Waals surface area contributed by atoms with Crippen LogP contribution in [0.15, 0.2) is 55.1 Å². The van der Waals surface area contributed by atoms with E-state index < -0.39 is 0 Å². The normalized spacial score (nSPS) is 11.4. The predicted molar refractivity (Wildman–Crippen MR) is 107 cm³/mol. The maximum atomic E-state index is 5.39. The monoisotopic (exact) mass is 370 g/mol. The number of ether oxygens (including phenoxy) is 1. The fraction of sp³-hybridized carbons (Fsp3) is 0.143. The maximum absolute atomic E-state index is 5.39. The Balaban J connectivity index is 1.79. The quantitative estimate of drug-likeness (QED) is 0.484. The average Bonchev–Trinajstić information content (AvgIpc) is 3.28. The summed E-state index contributed by atoms with van der Waals surface area (Å²) in [7, 11) is 1.67. The highest BCUT2D eigenvalue weighted by molar-refractivity contribution is 5.95. The molecular weight excluding hydrogens is 352 g/mol. The van der Waals surface area contributed by atoms with Crippen molar-refractivity contribution in [2.45, 2.75) is 13.8 Å². The smallest absolute Gasteiger partial charge is 0.183 e. The lowest BCUT2D eigenvalue weighted by Gasteiger charge is -2.09. The van der Waals surface area contributed by atoms with E-state index in [0.29, 0.717) is 5.82 Å². The molecule has 5 rings (SSSR count). The Morgan fingerprint density at radius 1 is 1.04 bits per heavy atom. The SMILES string of the molecule is COc1cccc(-n2c(C)c(C)c3c2ncn2nc(-c4cccnc4)nc32)c1. The molecule has 7 heteroatoms. The molecule has 0 saturated carbocycles. The molecule has 1 aromatic carbocycles. The van der Waals surface area contributed by atoms with Crippen LogP contribution in [0.1, 0.15) is 11.3 Å². The summed E-state index contributed by atoms with van der Waals surface area (Å²) >= 11 is 0. The minimum Gasteiger partial charge on any atom is -0.497 e.